The molecule has 0 saturated heterocycles. The van der Waals surface area contributed by atoms with Gasteiger partial charge in [0.15, 0.2) is 0 Å². The first kappa shape index (κ1) is 13.2. The number of hydroxylamine groups is 1. The lowest BCUT2D eigenvalue weighted by molar-refractivity contribution is -0.129. The summed E-state index contributed by atoms with van der Waals surface area (Å²) in [4.78, 5) is 28.8. The smallest absolute Gasteiger partial charge is 0.243 e. The van der Waals surface area contributed by atoms with Crippen molar-refractivity contribution in [3.05, 3.63) is 18.2 Å². The van der Waals surface area contributed by atoms with Gasteiger partial charge in [-0.25, -0.2) is 10.5 Å². The molecular formula is C10H16N4O3. The van der Waals surface area contributed by atoms with Gasteiger partial charge in [0.05, 0.1) is 6.33 Å². The van der Waals surface area contributed by atoms with Gasteiger partial charge in [-0.3, -0.25) is 14.8 Å². The van der Waals surface area contributed by atoms with Crippen LogP contribution >= 0.6 is 0 Å². The second-order valence-electron chi connectivity index (χ2n) is 3.57. The van der Waals surface area contributed by atoms with E-state index in [4.69, 9.17) is 5.21 Å². The van der Waals surface area contributed by atoms with E-state index >= 15 is 0 Å². The Kier molecular flexibility index (Phi) is 5.73. The number of amides is 2. The normalized spacial score (nSPS) is 9.94. The van der Waals surface area contributed by atoms with Crippen LogP contribution in [0.5, 0.6) is 0 Å². The molecule has 0 aromatic carbocycles. The first-order valence-electron chi connectivity index (χ1n) is 5.39. The highest BCUT2D eigenvalue weighted by Crippen LogP contribution is 1.95. The summed E-state index contributed by atoms with van der Waals surface area (Å²) in [6, 6.07) is 0. The molecule has 2 amide bonds. The number of nitrogens with zero attached hydrogens (tertiary/aromatic N) is 1. The summed E-state index contributed by atoms with van der Waals surface area (Å²) in [6.07, 6.45) is 4.83. The molecular weight excluding hydrogens is 224 g/mol. The first-order valence-corrected chi connectivity index (χ1v) is 5.39. The highest BCUT2D eigenvalue weighted by Gasteiger charge is 2.04. The van der Waals surface area contributed by atoms with E-state index in [1.165, 1.54) is 5.48 Å². The zero-order valence-electron chi connectivity index (χ0n) is 9.40. The number of aromatic nitrogens is 2. The fourth-order valence-corrected chi connectivity index (χ4v) is 1.31. The molecule has 0 spiro atoms. The van der Waals surface area contributed by atoms with Crippen molar-refractivity contribution in [1.82, 2.24) is 20.8 Å². The number of aromatic amines is 1. The van der Waals surface area contributed by atoms with E-state index < -0.39 is 5.91 Å². The van der Waals surface area contributed by atoms with Gasteiger partial charge in [-0.2, -0.15) is 0 Å². The maximum Gasteiger partial charge on any atom is 0.243 e. The Labute approximate surface area is 98.6 Å². The molecule has 1 aromatic heterocycles. The van der Waals surface area contributed by atoms with Crippen molar-refractivity contribution < 1.29 is 14.8 Å². The number of nitrogens with one attached hydrogen (secondary N) is 3. The summed E-state index contributed by atoms with van der Waals surface area (Å²) < 4.78 is 0. The van der Waals surface area contributed by atoms with E-state index in [0.717, 1.165) is 5.69 Å². The molecule has 0 bridgehead atoms. The van der Waals surface area contributed by atoms with Crippen molar-refractivity contribution in [3.63, 3.8) is 0 Å². The van der Waals surface area contributed by atoms with Gasteiger partial charge in [0.2, 0.25) is 11.8 Å². The first-order chi connectivity index (χ1) is 8.22. The van der Waals surface area contributed by atoms with Gasteiger partial charge >= 0.3 is 0 Å². The van der Waals surface area contributed by atoms with E-state index in [-0.39, 0.29) is 18.7 Å². The van der Waals surface area contributed by atoms with Crippen LogP contribution in [-0.4, -0.2) is 33.5 Å². The lowest BCUT2D eigenvalue weighted by Crippen LogP contribution is -2.26. The Morgan fingerprint density at radius 3 is 2.76 bits per heavy atom. The van der Waals surface area contributed by atoms with Gasteiger partial charge < -0.3 is 10.3 Å². The highest BCUT2D eigenvalue weighted by atomic mass is 16.5. The molecule has 7 heteroatoms. The number of H-pyrrole nitrogens is 1. The van der Waals surface area contributed by atoms with Gasteiger partial charge in [0, 0.05) is 37.7 Å². The molecule has 0 aliphatic heterocycles. The molecule has 0 aliphatic carbocycles. The molecule has 0 atom stereocenters. The summed E-state index contributed by atoms with van der Waals surface area (Å²) in [5.74, 6) is -0.578. The zero-order valence-corrected chi connectivity index (χ0v) is 9.40. The summed E-state index contributed by atoms with van der Waals surface area (Å²) >= 11 is 0. The van der Waals surface area contributed by atoms with Crippen LogP contribution in [0.15, 0.2) is 12.5 Å². The predicted molar refractivity (Wildman–Crippen MR) is 59.1 cm³/mol. The van der Waals surface area contributed by atoms with Gasteiger partial charge in [0.25, 0.3) is 0 Å². The third kappa shape index (κ3) is 5.67. The monoisotopic (exact) mass is 240 g/mol. The van der Waals surface area contributed by atoms with Gasteiger partial charge in [-0.05, 0) is 6.42 Å². The van der Waals surface area contributed by atoms with Crippen LogP contribution in [0.1, 0.15) is 25.0 Å². The highest BCUT2D eigenvalue weighted by molar-refractivity contribution is 5.78. The fraction of sp³-hybridized carbons (Fsp3) is 0.500. The zero-order chi connectivity index (χ0) is 12.5. The Balaban J connectivity index is 2.03. The average molecular weight is 240 g/mol. The quantitative estimate of drug-likeness (QED) is 0.389. The Morgan fingerprint density at radius 1 is 1.35 bits per heavy atom. The Morgan fingerprint density at radius 2 is 2.12 bits per heavy atom. The Bertz CT molecular complexity index is 350. The summed E-state index contributed by atoms with van der Waals surface area (Å²) in [6.45, 7) is 0.535. The lowest BCUT2D eigenvalue weighted by Gasteiger charge is -2.03. The van der Waals surface area contributed by atoms with Crippen molar-refractivity contribution in [2.75, 3.05) is 6.54 Å². The number of hydrogen-bond donors (Lipinski definition) is 4. The molecule has 0 unspecified atom stereocenters. The van der Waals surface area contributed by atoms with Crippen LogP contribution in [0.4, 0.5) is 0 Å². The summed E-state index contributed by atoms with van der Waals surface area (Å²) in [5, 5.41) is 11.0. The van der Waals surface area contributed by atoms with E-state index in [0.29, 0.717) is 19.4 Å². The van der Waals surface area contributed by atoms with Crippen LogP contribution < -0.4 is 10.8 Å². The standard InChI is InChI=1S/C10H16N4O3/c15-9(2-1-3-10(16)14-17)12-5-4-8-6-11-7-13-8/h6-7,17H,1-5H2,(H,11,13)(H,12,15)(H,14,16). The van der Waals surface area contributed by atoms with Crippen molar-refractivity contribution in [1.29, 1.82) is 0 Å². The number of rotatable bonds is 7. The molecule has 1 aromatic rings. The summed E-state index contributed by atoms with van der Waals surface area (Å²) in [5.41, 5.74) is 2.48. The van der Waals surface area contributed by atoms with Gasteiger partial charge in [-0.1, -0.05) is 0 Å². The second kappa shape index (κ2) is 7.39. The number of carbonyl (C=O) groups excluding carboxylic acids is 2. The molecule has 0 radical (unpaired) electrons. The van der Waals surface area contributed by atoms with Crippen LogP contribution in [-0.2, 0) is 16.0 Å². The van der Waals surface area contributed by atoms with Crippen molar-refractivity contribution >= 4 is 11.8 Å². The maximum atomic E-state index is 11.3. The number of carbonyl (C=O) groups is 2. The van der Waals surface area contributed by atoms with Gasteiger partial charge in [-0.15, -0.1) is 0 Å². The SMILES string of the molecule is O=C(CCCC(=O)NCCc1cnc[nH]1)NO. The second-order valence-corrected chi connectivity index (χ2v) is 3.57. The minimum absolute atomic E-state index is 0.102. The molecule has 94 valence electrons. The minimum atomic E-state index is -0.477. The van der Waals surface area contributed by atoms with Crippen molar-refractivity contribution in [3.8, 4) is 0 Å². The van der Waals surface area contributed by atoms with Crippen LogP contribution in [0, 0.1) is 0 Å². The van der Waals surface area contributed by atoms with Crippen LogP contribution in [0.3, 0.4) is 0 Å². The summed E-state index contributed by atoms with van der Waals surface area (Å²) in [7, 11) is 0. The van der Waals surface area contributed by atoms with E-state index in [9.17, 15) is 9.59 Å². The molecule has 0 saturated carbocycles. The third-order valence-corrected chi connectivity index (χ3v) is 2.20. The molecule has 17 heavy (non-hydrogen) atoms. The third-order valence-electron chi connectivity index (χ3n) is 2.20. The maximum absolute atomic E-state index is 11.3. The van der Waals surface area contributed by atoms with E-state index in [1.807, 2.05) is 0 Å². The lowest BCUT2D eigenvalue weighted by atomic mass is 10.2. The van der Waals surface area contributed by atoms with E-state index in [1.54, 1.807) is 12.5 Å². The molecule has 0 aliphatic rings. The van der Waals surface area contributed by atoms with Crippen LogP contribution in [0.2, 0.25) is 0 Å². The van der Waals surface area contributed by atoms with E-state index in [2.05, 4.69) is 15.3 Å². The number of hydrogen-bond acceptors (Lipinski definition) is 4. The number of imidazole rings is 1. The molecule has 4 N–H and O–H groups in total. The molecule has 0 fully saturated rings. The topological polar surface area (TPSA) is 107 Å². The largest absolute Gasteiger partial charge is 0.356 e. The predicted octanol–water partition coefficient (Wildman–Crippen LogP) is -0.256. The van der Waals surface area contributed by atoms with Crippen molar-refractivity contribution in [2.24, 2.45) is 0 Å². The molecule has 1 heterocycles. The fourth-order valence-electron chi connectivity index (χ4n) is 1.31. The molecule has 1 rings (SSSR count). The average Bonchev–Trinajstić information content (AvgIpc) is 2.82. The van der Waals surface area contributed by atoms with Crippen molar-refractivity contribution in [2.45, 2.75) is 25.7 Å². The van der Waals surface area contributed by atoms with Gasteiger partial charge in [0.1, 0.15) is 0 Å². The Hall–Kier alpha value is -1.89. The minimum Gasteiger partial charge on any atom is -0.356 e. The molecule has 7 nitrogen and oxygen atoms in total. The van der Waals surface area contributed by atoms with Crippen LogP contribution in [0.25, 0.3) is 0 Å².